The van der Waals surface area contributed by atoms with Gasteiger partial charge in [0, 0.05) is 18.2 Å². The second-order valence-corrected chi connectivity index (χ2v) is 6.87. The second-order valence-electron chi connectivity index (χ2n) is 6.87. The lowest BCUT2D eigenvalue weighted by molar-refractivity contribution is 0.251. The van der Waals surface area contributed by atoms with E-state index in [-0.39, 0.29) is 11.9 Å². The van der Waals surface area contributed by atoms with Gasteiger partial charge < -0.3 is 10.6 Å². The Balaban J connectivity index is 1.75. The van der Waals surface area contributed by atoms with Crippen molar-refractivity contribution < 1.29 is 4.79 Å². The van der Waals surface area contributed by atoms with Crippen LogP contribution in [0.25, 0.3) is 0 Å². The van der Waals surface area contributed by atoms with E-state index in [0.717, 1.165) is 29.7 Å². The van der Waals surface area contributed by atoms with Gasteiger partial charge in [0.2, 0.25) is 0 Å². The summed E-state index contributed by atoms with van der Waals surface area (Å²) in [6, 6.07) is 26.7. The number of aryl methyl sites for hydroxylation is 2. The van der Waals surface area contributed by atoms with Crippen LogP contribution in [-0.4, -0.2) is 12.6 Å². The van der Waals surface area contributed by atoms with Gasteiger partial charge >= 0.3 is 6.03 Å². The van der Waals surface area contributed by atoms with E-state index in [2.05, 4.69) is 66.9 Å². The molecule has 0 heterocycles. The Morgan fingerprint density at radius 3 is 1.71 bits per heavy atom. The van der Waals surface area contributed by atoms with E-state index < -0.39 is 0 Å². The minimum absolute atomic E-state index is 0.111. The molecule has 0 fully saturated rings. The fourth-order valence-electron chi connectivity index (χ4n) is 3.55. The summed E-state index contributed by atoms with van der Waals surface area (Å²) >= 11 is 0. The van der Waals surface area contributed by atoms with E-state index in [4.69, 9.17) is 0 Å². The highest BCUT2D eigenvalue weighted by Crippen LogP contribution is 2.25. The summed E-state index contributed by atoms with van der Waals surface area (Å²) in [7, 11) is 0. The molecule has 0 atom stereocenters. The number of rotatable bonds is 7. The van der Waals surface area contributed by atoms with Crippen molar-refractivity contribution in [2.75, 3.05) is 11.9 Å². The van der Waals surface area contributed by atoms with Gasteiger partial charge in [-0.2, -0.15) is 0 Å². The molecule has 0 bridgehead atoms. The molecule has 0 saturated heterocycles. The number of hydrogen-bond acceptors (Lipinski definition) is 1. The van der Waals surface area contributed by atoms with E-state index in [0.29, 0.717) is 6.54 Å². The highest BCUT2D eigenvalue weighted by atomic mass is 16.2. The van der Waals surface area contributed by atoms with E-state index in [1.807, 2.05) is 36.4 Å². The number of amides is 2. The van der Waals surface area contributed by atoms with Crippen LogP contribution in [-0.2, 0) is 12.8 Å². The molecule has 3 rings (SSSR count). The van der Waals surface area contributed by atoms with Crippen molar-refractivity contribution in [2.45, 2.75) is 32.6 Å². The van der Waals surface area contributed by atoms with Gasteiger partial charge in [0.1, 0.15) is 0 Å². The van der Waals surface area contributed by atoms with E-state index >= 15 is 0 Å². The predicted octanol–water partition coefficient (Wildman–Crippen LogP) is 5.77. The summed E-state index contributed by atoms with van der Waals surface area (Å²) in [6.07, 6.45) is 1.78. The number of nitrogens with one attached hydrogen (secondary N) is 2. The van der Waals surface area contributed by atoms with Gasteiger partial charge in [-0.25, -0.2) is 4.79 Å². The average Bonchev–Trinajstić information content (AvgIpc) is 2.75. The fraction of sp³-hybridized carbons (Fsp3) is 0.240. The van der Waals surface area contributed by atoms with E-state index in [1.165, 1.54) is 11.1 Å². The molecule has 3 aromatic carbocycles. The summed E-state index contributed by atoms with van der Waals surface area (Å²) in [5, 5.41) is 6.17. The van der Waals surface area contributed by atoms with Gasteiger partial charge in [-0.3, -0.25) is 0 Å². The number of benzene rings is 3. The molecule has 0 aliphatic carbocycles. The second kappa shape index (κ2) is 9.75. The van der Waals surface area contributed by atoms with Crippen LogP contribution in [0.2, 0.25) is 0 Å². The van der Waals surface area contributed by atoms with Crippen molar-refractivity contribution in [3.8, 4) is 0 Å². The van der Waals surface area contributed by atoms with Crippen molar-refractivity contribution in [1.82, 2.24) is 5.32 Å². The molecule has 0 spiro atoms. The van der Waals surface area contributed by atoms with Crippen LogP contribution in [0.5, 0.6) is 0 Å². The minimum Gasteiger partial charge on any atom is -0.337 e. The zero-order chi connectivity index (χ0) is 19.8. The first-order chi connectivity index (χ1) is 13.7. The Kier molecular flexibility index (Phi) is 6.85. The Morgan fingerprint density at radius 2 is 1.25 bits per heavy atom. The van der Waals surface area contributed by atoms with Gasteiger partial charge in [0.25, 0.3) is 0 Å². The van der Waals surface area contributed by atoms with Crippen LogP contribution in [0.1, 0.15) is 42.0 Å². The third kappa shape index (κ3) is 4.80. The normalized spacial score (nSPS) is 10.7. The molecule has 2 N–H and O–H groups in total. The molecule has 2 amide bonds. The van der Waals surface area contributed by atoms with Crippen LogP contribution in [0.15, 0.2) is 78.9 Å². The molecule has 0 aromatic heterocycles. The molecule has 3 nitrogen and oxygen atoms in total. The van der Waals surface area contributed by atoms with Gasteiger partial charge in [-0.05, 0) is 35.1 Å². The van der Waals surface area contributed by atoms with Crippen molar-refractivity contribution >= 4 is 11.7 Å². The number of urea groups is 1. The summed E-state index contributed by atoms with van der Waals surface area (Å²) in [4.78, 5) is 12.7. The molecule has 0 saturated carbocycles. The van der Waals surface area contributed by atoms with Gasteiger partial charge in [0.15, 0.2) is 0 Å². The number of anilines is 1. The first-order valence-corrected chi connectivity index (χ1v) is 9.98. The van der Waals surface area contributed by atoms with Crippen molar-refractivity contribution in [1.29, 1.82) is 0 Å². The Morgan fingerprint density at radius 1 is 0.750 bits per heavy atom. The van der Waals surface area contributed by atoms with Crippen LogP contribution < -0.4 is 10.6 Å². The zero-order valence-corrected chi connectivity index (χ0v) is 16.6. The summed E-state index contributed by atoms with van der Waals surface area (Å²) in [5.74, 6) is 0.111. The molecular formula is C25H28N2O. The van der Waals surface area contributed by atoms with Crippen LogP contribution in [0, 0.1) is 0 Å². The average molecular weight is 373 g/mol. The van der Waals surface area contributed by atoms with Gasteiger partial charge in [-0.1, -0.05) is 92.7 Å². The van der Waals surface area contributed by atoms with Crippen molar-refractivity contribution in [2.24, 2.45) is 0 Å². The lowest BCUT2D eigenvalue weighted by Gasteiger charge is -2.20. The maximum Gasteiger partial charge on any atom is 0.319 e. The summed E-state index contributed by atoms with van der Waals surface area (Å²) < 4.78 is 0. The van der Waals surface area contributed by atoms with Crippen LogP contribution >= 0.6 is 0 Å². The maximum absolute atomic E-state index is 12.7. The first-order valence-electron chi connectivity index (χ1n) is 9.98. The highest BCUT2D eigenvalue weighted by Gasteiger charge is 2.16. The highest BCUT2D eigenvalue weighted by molar-refractivity contribution is 5.91. The number of hydrogen-bond donors (Lipinski definition) is 2. The first kappa shape index (κ1) is 19.7. The Hall–Kier alpha value is -3.07. The standard InChI is InChI=1S/C25H28N2O/c1-3-19-16-11-17-20(4-2)24(19)27-25(28)26-18-23(21-12-7-5-8-13-21)22-14-9-6-10-15-22/h5-17,23H,3-4,18H2,1-2H3,(H2,26,27,28). The van der Waals surface area contributed by atoms with Crippen molar-refractivity contribution in [3.05, 3.63) is 101 Å². The van der Waals surface area contributed by atoms with E-state index in [9.17, 15) is 4.79 Å². The zero-order valence-electron chi connectivity index (χ0n) is 16.6. The van der Waals surface area contributed by atoms with Gasteiger partial charge in [0.05, 0.1) is 0 Å². The summed E-state index contributed by atoms with van der Waals surface area (Å²) in [6.45, 7) is 4.76. The molecule has 28 heavy (non-hydrogen) atoms. The van der Waals surface area contributed by atoms with Crippen LogP contribution in [0.3, 0.4) is 0 Å². The van der Waals surface area contributed by atoms with E-state index in [1.54, 1.807) is 0 Å². The molecule has 0 aliphatic rings. The molecule has 144 valence electrons. The lowest BCUT2D eigenvalue weighted by atomic mass is 9.91. The predicted molar refractivity (Wildman–Crippen MR) is 117 cm³/mol. The minimum atomic E-state index is -0.160. The fourth-order valence-corrected chi connectivity index (χ4v) is 3.55. The Labute approximate surface area is 167 Å². The topological polar surface area (TPSA) is 41.1 Å². The number of carbonyl (C=O) groups is 1. The Bertz CT molecular complexity index is 829. The lowest BCUT2D eigenvalue weighted by Crippen LogP contribution is -2.33. The smallest absolute Gasteiger partial charge is 0.319 e. The monoisotopic (exact) mass is 372 g/mol. The van der Waals surface area contributed by atoms with Crippen LogP contribution in [0.4, 0.5) is 10.5 Å². The maximum atomic E-state index is 12.7. The molecule has 0 unspecified atom stereocenters. The molecule has 3 heteroatoms. The molecular weight excluding hydrogens is 344 g/mol. The SMILES string of the molecule is CCc1cccc(CC)c1NC(=O)NCC(c1ccccc1)c1ccccc1. The third-order valence-electron chi connectivity index (χ3n) is 5.11. The van der Waals surface area contributed by atoms with Gasteiger partial charge in [-0.15, -0.1) is 0 Å². The largest absolute Gasteiger partial charge is 0.337 e. The number of carbonyl (C=O) groups excluding carboxylic acids is 1. The van der Waals surface area contributed by atoms with Crippen molar-refractivity contribution in [3.63, 3.8) is 0 Å². The summed E-state index contributed by atoms with van der Waals surface area (Å²) in [5.41, 5.74) is 5.66. The molecule has 3 aromatic rings. The third-order valence-corrected chi connectivity index (χ3v) is 5.11. The molecule has 0 aliphatic heterocycles. The number of para-hydroxylation sites is 1. The molecule has 0 radical (unpaired) electrons. The quantitative estimate of drug-likeness (QED) is 0.543.